The van der Waals surface area contributed by atoms with Crippen molar-refractivity contribution < 1.29 is 4.79 Å². The quantitative estimate of drug-likeness (QED) is 0.609. The summed E-state index contributed by atoms with van der Waals surface area (Å²) in [5, 5.41) is 0. The second kappa shape index (κ2) is 3.71. The molecule has 1 aromatic rings. The second-order valence-corrected chi connectivity index (χ2v) is 5.72. The zero-order valence-electron chi connectivity index (χ0n) is 6.87. The van der Waals surface area contributed by atoms with E-state index < -0.39 is 14.1 Å². The monoisotopic (exact) mass is 162 g/mol. The summed E-state index contributed by atoms with van der Waals surface area (Å²) in [4.78, 5) is 11.4. The molecule has 0 saturated heterocycles. The van der Waals surface area contributed by atoms with E-state index in [1.54, 1.807) is 0 Å². The molecule has 0 radical (unpaired) electrons. The molecule has 0 spiro atoms. The van der Waals surface area contributed by atoms with Crippen molar-refractivity contribution in [1.82, 2.24) is 0 Å². The van der Waals surface area contributed by atoms with Crippen molar-refractivity contribution in [1.29, 1.82) is 0 Å². The molecule has 0 bridgehead atoms. The predicted molar refractivity (Wildman–Crippen MR) is 48.3 cm³/mol. The fourth-order valence-corrected chi connectivity index (χ4v) is 1.79. The molecule has 1 aromatic carbocycles. The van der Waals surface area contributed by atoms with Crippen LogP contribution in [0.4, 0.5) is 0 Å². The Kier molecular flexibility index (Phi) is 2.87. The molecule has 0 N–H and O–H groups in total. The first-order valence-corrected chi connectivity index (χ1v) is 6.69. The summed E-state index contributed by atoms with van der Waals surface area (Å²) in [7, 11) is 0. The Hall–Kier alpha value is -0.578. The summed E-state index contributed by atoms with van der Waals surface area (Å²) >= 11 is -1.13. The fraction of sp³-hybridized carbons (Fsp3) is 0.222. The molecular formula is C9H11AlO. The normalized spacial score (nSPS) is 9.27. The Balaban J connectivity index is 2.86. The Morgan fingerprint density at radius 2 is 1.73 bits per heavy atom. The van der Waals surface area contributed by atoms with Crippen LogP contribution in [0.5, 0.6) is 0 Å². The van der Waals surface area contributed by atoms with Crippen molar-refractivity contribution in [2.24, 2.45) is 0 Å². The van der Waals surface area contributed by atoms with Crippen LogP contribution in [0, 0.1) is 0 Å². The van der Waals surface area contributed by atoms with Gasteiger partial charge in [0.15, 0.2) is 0 Å². The lowest BCUT2D eigenvalue weighted by molar-refractivity contribution is 0.107. The molecule has 1 nitrogen and oxygen atoms in total. The van der Waals surface area contributed by atoms with Crippen molar-refractivity contribution in [2.45, 2.75) is 11.6 Å². The molecule has 0 fully saturated rings. The summed E-state index contributed by atoms with van der Waals surface area (Å²) < 4.78 is 0.352. The molecule has 11 heavy (non-hydrogen) atoms. The van der Waals surface area contributed by atoms with Gasteiger partial charge in [-0.15, -0.1) is 0 Å². The molecule has 0 aliphatic heterocycles. The minimum atomic E-state index is -1.13. The highest BCUT2D eigenvalue weighted by Gasteiger charge is 2.14. The predicted octanol–water partition coefficient (Wildman–Crippen LogP) is 2.16. The van der Waals surface area contributed by atoms with Gasteiger partial charge in [0.05, 0.1) is 4.65 Å². The molecule has 0 aromatic heterocycles. The van der Waals surface area contributed by atoms with Crippen LogP contribution in [-0.2, 0) is 0 Å². The lowest BCUT2D eigenvalue weighted by atomic mass is 10.2. The van der Waals surface area contributed by atoms with Gasteiger partial charge in [0.1, 0.15) is 0 Å². The first-order chi connectivity index (χ1) is 5.22. The van der Waals surface area contributed by atoms with Crippen molar-refractivity contribution in [3.8, 4) is 0 Å². The van der Waals surface area contributed by atoms with Gasteiger partial charge in [0, 0.05) is 0 Å². The first kappa shape index (κ1) is 8.52. The van der Waals surface area contributed by atoms with Gasteiger partial charge in [-0.3, -0.25) is 0 Å². The van der Waals surface area contributed by atoms with Crippen LogP contribution >= 0.6 is 0 Å². The Labute approximate surface area is 71.4 Å². The highest BCUT2D eigenvalue weighted by molar-refractivity contribution is 6.90. The highest BCUT2D eigenvalue weighted by Crippen LogP contribution is 2.01. The van der Waals surface area contributed by atoms with Gasteiger partial charge in [-0.05, 0) is 5.56 Å². The van der Waals surface area contributed by atoms with E-state index in [0.29, 0.717) is 4.65 Å². The van der Waals surface area contributed by atoms with Gasteiger partial charge in [-0.1, -0.05) is 41.9 Å². The summed E-state index contributed by atoms with van der Waals surface area (Å²) in [6, 6.07) is 9.51. The van der Waals surface area contributed by atoms with E-state index in [-0.39, 0.29) is 0 Å². The molecule has 2 heteroatoms. The van der Waals surface area contributed by atoms with Crippen LogP contribution in [0.3, 0.4) is 0 Å². The molecule has 0 amide bonds. The van der Waals surface area contributed by atoms with E-state index in [1.807, 2.05) is 30.3 Å². The van der Waals surface area contributed by atoms with Crippen molar-refractivity contribution in [2.75, 3.05) is 0 Å². The summed E-state index contributed by atoms with van der Waals surface area (Å²) in [5.74, 6) is 4.10. The van der Waals surface area contributed by atoms with E-state index in [9.17, 15) is 4.79 Å². The molecule has 1 rings (SSSR count). The molecule has 0 unspecified atom stereocenters. The number of hydrogen-bond acceptors (Lipinski definition) is 1. The number of hydrogen-bond donors (Lipinski definition) is 0. The van der Waals surface area contributed by atoms with Crippen LogP contribution in [0.15, 0.2) is 30.3 Å². The Bertz CT molecular complexity index is 241. The molecule has 56 valence electrons. The second-order valence-electron chi connectivity index (χ2n) is 2.88. The number of carbonyl (C=O) groups excluding carboxylic acids is 1. The zero-order chi connectivity index (χ0) is 8.27. The molecule has 0 atom stereocenters. The SMILES string of the molecule is [CH3][Al]([CH3])[C](=O)c1ccccc1. The largest absolute Gasteiger partial charge is 0.367 e. The average molecular weight is 162 g/mol. The maximum absolute atomic E-state index is 11.4. The number of benzene rings is 1. The summed E-state index contributed by atoms with van der Waals surface area (Å²) in [6.07, 6.45) is 0. The maximum atomic E-state index is 11.4. The standard InChI is InChI=1S/C7H5O.2CH3.Al/c8-6-7-4-2-1-3-5-7;;;/h1-5H;2*1H3;. The average Bonchev–Trinajstić information content (AvgIpc) is 2.05. The molecule has 0 aliphatic carbocycles. The Morgan fingerprint density at radius 1 is 1.18 bits per heavy atom. The van der Waals surface area contributed by atoms with Crippen LogP contribution in [0.1, 0.15) is 10.4 Å². The lowest BCUT2D eigenvalue weighted by Gasteiger charge is -1.98. The van der Waals surface area contributed by atoms with Gasteiger partial charge in [0.25, 0.3) is 0 Å². The number of rotatable bonds is 2. The van der Waals surface area contributed by atoms with Gasteiger partial charge < -0.3 is 4.79 Å². The minimum Gasteiger partial charge on any atom is -0.316 e. The van der Waals surface area contributed by atoms with Crippen LogP contribution in [0.2, 0.25) is 11.6 Å². The molecular weight excluding hydrogens is 151 g/mol. The maximum Gasteiger partial charge on any atom is 0.367 e. The van der Waals surface area contributed by atoms with E-state index >= 15 is 0 Å². The third kappa shape index (κ3) is 2.18. The molecule has 0 saturated carbocycles. The highest BCUT2D eigenvalue weighted by atomic mass is 27.2. The van der Waals surface area contributed by atoms with Gasteiger partial charge in [0.2, 0.25) is 0 Å². The third-order valence-electron chi connectivity index (χ3n) is 1.58. The van der Waals surface area contributed by atoms with Crippen molar-refractivity contribution >= 4 is 18.8 Å². The van der Waals surface area contributed by atoms with E-state index in [0.717, 1.165) is 5.56 Å². The first-order valence-electron chi connectivity index (χ1n) is 3.81. The Morgan fingerprint density at radius 3 is 2.18 bits per heavy atom. The fourth-order valence-electron chi connectivity index (χ4n) is 0.936. The van der Waals surface area contributed by atoms with E-state index in [2.05, 4.69) is 11.6 Å². The third-order valence-corrected chi connectivity index (χ3v) is 2.96. The van der Waals surface area contributed by atoms with Crippen LogP contribution < -0.4 is 0 Å². The summed E-state index contributed by atoms with van der Waals surface area (Å²) in [6.45, 7) is 0. The number of carbonyl (C=O) groups is 1. The topological polar surface area (TPSA) is 17.1 Å². The zero-order valence-corrected chi connectivity index (χ0v) is 8.03. The van der Waals surface area contributed by atoms with Crippen molar-refractivity contribution in [3.05, 3.63) is 35.9 Å². The lowest BCUT2D eigenvalue weighted by Crippen LogP contribution is -2.17. The molecule has 0 aliphatic rings. The smallest absolute Gasteiger partial charge is 0.316 e. The van der Waals surface area contributed by atoms with Crippen molar-refractivity contribution in [3.63, 3.8) is 0 Å². The van der Waals surface area contributed by atoms with Gasteiger partial charge in [-0.25, -0.2) is 0 Å². The minimum absolute atomic E-state index is 0.352. The van der Waals surface area contributed by atoms with Gasteiger partial charge in [-0.2, -0.15) is 0 Å². The molecule has 0 heterocycles. The van der Waals surface area contributed by atoms with Crippen LogP contribution in [0.25, 0.3) is 0 Å². The van der Waals surface area contributed by atoms with E-state index in [4.69, 9.17) is 0 Å². The summed E-state index contributed by atoms with van der Waals surface area (Å²) in [5.41, 5.74) is 0.870. The van der Waals surface area contributed by atoms with E-state index in [1.165, 1.54) is 0 Å². The van der Waals surface area contributed by atoms with Crippen LogP contribution in [-0.4, -0.2) is 18.8 Å². The van der Waals surface area contributed by atoms with Gasteiger partial charge >= 0.3 is 14.1 Å².